The first kappa shape index (κ1) is 12.1. The third kappa shape index (κ3) is 2.45. The van der Waals surface area contributed by atoms with Crippen LogP contribution in [0.1, 0.15) is 32.6 Å². The van der Waals surface area contributed by atoms with E-state index in [2.05, 4.69) is 11.4 Å². The van der Waals surface area contributed by atoms with Crippen molar-refractivity contribution < 1.29 is 4.79 Å². The minimum atomic E-state index is 0.108. The predicted molar refractivity (Wildman–Crippen MR) is 76.5 cm³/mol. The lowest BCUT2D eigenvalue weighted by Crippen LogP contribution is -2.23. The van der Waals surface area contributed by atoms with Gasteiger partial charge in [0, 0.05) is 17.7 Å². The first-order valence-corrected chi connectivity index (χ1v) is 6.68. The van der Waals surface area contributed by atoms with Gasteiger partial charge >= 0.3 is 0 Å². The van der Waals surface area contributed by atoms with E-state index in [9.17, 15) is 4.79 Å². The number of aryl methyl sites for hydroxylation is 1. The molecule has 0 atom stereocenters. The van der Waals surface area contributed by atoms with Gasteiger partial charge in [0.2, 0.25) is 0 Å². The molecule has 0 radical (unpaired) electrons. The summed E-state index contributed by atoms with van der Waals surface area (Å²) in [7, 11) is 0. The van der Waals surface area contributed by atoms with E-state index in [1.807, 2.05) is 43.3 Å². The molecule has 0 saturated carbocycles. The van der Waals surface area contributed by atoms with Crippen molar-refractivity contribution in [1.82, 2.24) is 5.32 Å². The summed E-state index contributed by atoms with van der Waals surface area (Å²) >= 11 is 0. The fraction of sp³-hybridized carbons (Fsp3) is 0.235. The van der Waals surface area contributed by atoms with Gasteiger partial charge in [0.15, 0.2) is 5.78 Å². The van der Waals surface area contributed by atoms with Crippen LogP contribution in [0.25, 0.3) is 0 Å². The van der Waals surface area contributed by atoms with E-state index < -0.39 is 0 Å². The van der Waals surface area contributed by atoms with Crippen LogP contribution in [-0.2, 0) is 13.0 Å². The van der Waals surface area contributed by atoms with Crippen molar-refractivity contribution in [2.75, 3.05) is 6.54 Å². The van der Waals surface area contributed by atoms with Crippen molar-refractivity contribution >= 4 is 5.78 Å². The Balaban J connectivity index is 1.96. The van der Waals surface area contributed by atoms with E-state index in [-0.39, 0.29) is 5.78 Å². The van der Waals surface area contributed by atoms with E-state index in [1.165, 1.54) is 11.1 Å². The molecule has 0 amide bonds. The Bertz CT molecular complexity index is 631. The molecule has 0 aromatic heterocycles. The third-order valence-electron chi connectivity index (χ3n) is 3.64. The van der Waals surface area contributed by atoms with E-state index in [0.29, 0.717) is 0 Å². The molecule has 1 N–H and O–H groups in total. The summed E-state index contributed by atoms with van der Waals surface area (Å²) in [5.41, 5.74) is 5.28. The van der Waals surface area contributed by atoms with Crippen LogP contribution in [0.4, 0.5) is 0 Å². The van der Waals surface area contributed by atoms with Crippen LogP contribution < -0.4 is 5.32 Å². The average molecular weight is 251 g/mol. The Hall–Kier alpha value is -1.93. The summed E-state index contributed by atoms with van der Waals surface area (Å²) in [5.74, 6) is 0.108. The highest BCUT2D eigenvalue weighted by molar-refractivity contribution is 6.09. The van der Waals surface area contributed by atoms with Gasteiger partial charge in [-0.2, -0.15) is 0 Å². The molecule has 0 saturated heterocycles. The number of hydrogen-bond acceptors (Lipinski definition) is 2. The molecule has 0 aliphatic carbocycles. The number of benzene rings is 2. The monoisotopic (exact) mass is 251 g/mol. The van der Waals surface area contributed by atoms with Crippen LogP contribution in [0.3, 0.4) is 0 Å². The number of carbonyl (C=O) groups is 1. The summed E-state index contributed by atoms with van der Waals surface area (Å²) in [6.07, 6.45) is 1.05. The molecule has 2 nitrogen and oxygen atoms in total. The number of rotatable bonds is 2. The highest BCUT2D eigenvalue weighted by Gasteiger charge is 2.13. The van der Waals surface area contributed by atoms with Crippen molar-refractivity contribution in [3.05, 3.63) is 70.3 Å². The predicted octanol–water partition coefficient (Wildman–Crippen LogP) is 2.87. The molecule has 96 valence electrons. The van der Waals surface area contributed by atoms with Gasteiger partial charge < -0.3 is 5.32 Å². The van der Waals surface area contributed by atoms with Crippen LogP contribution >= 0.6 is 0 Å². The van der Waals surface area contributed by atoms with Crippen LogP contribution in [0, 0.1) is 6.92 Å². The number of ketones is 1. The second kappa shape index (κ2) is 4.98. The highest BCUT2D eigenvalue weighted by Crippen LogP contribution is 2.18. The Kier molecular flexibility index (Phi) is 3.18. The zero-order chi connectivity index (χ0) is 13.2. The molecule has 0 fully saturated rings. The largest absolute Gasteiger partial charge is 0.312 e. The van der Waals surface area contributed by atoms with Gasteiger partial charge in [-0.3, -0.25) is 4.79 Å². The Morgan fingerprint density at radius 1 is 1.05 bits per heavy atom. The summed E-state index contributed by atoms with van der Waals surface area (Å²) in [6.45, 7) is 3.90. The van der Waals surface area contributed by atoms with Gasteiger partial charge in [-0.1, -0.05) is 35.9 Å². The highest BCUT2D eigenvalue weighted by atomic mass is 16.1. The third-order valence-corrected chi connectivity index (χ3v) is 3.64. The quantitative estimate of drug-likeness (QED) is 0.832. The molecular weight excluding hydrogens is 234 g/mol. The maximum Gasteiger partial charge on any atom is 0.193 e. The van der Waals surface area contributed by atoms with Gasteiger partial charge in [-0.15, -0.1) is 0 Å². The van der Waals surface area contributed by atoms with Crippen LogP contribution in [0.5, 0.6) is 0 Å². The number of carbonyl (C=O) groups excluding carboxylic acids is 1. The molecule has 2 aromatic rings. The molecule has 1 heterocycles. The van der Waals surface area contributed by atoms with Gasteiger partial charge in [0.25, 0.3) is 0 Å². The number of fused-ring (bicyclic) bond motifs is 1. The molecular formula is C17H17NO. The minimum Gasteiger partial charge on any atom is -0.312 e. The molecule has 3 rings (SSSR count). The molecule has 19 heavy (non-hydrogen) atoms. The van der Waals surface area contributed by atoms with Crippen molar-refractivity contribution in [2.24, 2.45) is 0 Å². The summed E-state index contributed by atoms with van der Waals surface area (Å²) in [6, 6.07) is 13.9. The lowest BCUT2D eigenvalue weighted by molar-refractivity contribution is 0.103. The smallest absolute Gasteiger partial charge is 0.193 e. The van der Waals surface area contributed by atoms with Crippen LogP contribution in [-0.4, -0.2) is 12.3 Å². The van der Waals surface area contributed by atoms with Gasteiger partial charge in [0.05, 0.1) is 0 Å². The van der Waals surface area contributed by atoms with Gasteiger partial charge in [-0.05, 0) is 43.1 Å². The van der Waals surface area contributed by atoms with E-state index >= 15 is 0 Å². The lowest BCUT2D eigenvalue weighted by Gasteiger charge is -2.17. The van der Waals surface area contributed by atoms with Gasteiger partial charge in [-0.25, -0.2) is 0 Å². The average Bonchev–Trinajstić information content (AvgIpc) is 2.46. The first-order chi connectivity index (χ1) is 9.24. The summed E-state index contributed by atoms with van der Waals surface area (Å²) in [5, 5.41) is 3.34. The van der Waals surface area contributed by atoms with Crippen molar-refractivity contribution in [2.45, 2.75) is 19.9 Å². The fourth-order valence-electron chi connectivity index (χ4n) is 2.57. The summed E-state index contributed by atoms with van der Waals surface area (Å²) in [4.78, 5) is 12.5. The molecule has 0 spiro atoms. The lowest BCUT2D eigenvalue weighted by atomic mass is 9.95. The number of hydrogen-bond donors (Lipinski definition) is 1. The van der Waals surface area contributed by atoms with Crippen molar-refractivity contribution in [3.8, 4) is 0 Å². The standard InChI is InChI=1S/C17H17NO/c1-12-3-2-4-14(9-12)17(19)15-6-5-13-7-8-18-11-16(13)10-15/h2-6,9-10,18H,7-8,11H2,1H3. The normalized spacial score (nSPS) is 13.9. The van der Waals surface area contributed by atoms with E-state index in [1.54, 1.807) is 0 Å². The Morgan fingerprint density at radius 2 is 1.89 bits per heavy atom. The topological polar surface area (TPSA) is 29.1 Å². The van der Waals surface area contributed by atoms with Crippen LogP contribution in [0.15, 0.2) is 42.5 Å². The fourth-order valence-corrected chi connectivity index (χ4v) is 2.57. The SMILES string of the molecule is Cc1cccc(C(=O)c2ccc3c(c2)CNCC3)c1. The molecule has 0 bridgehead atoms. The van der Waals surface area contributed by atoms with Crippen LogP contribution in [0.2, 0.25) is 0 Å². The molecule has 2 heteroatoms. The Labute approximate surface area is 113 Å². The van der Waals surface area contributed by atoms with Crippen molar-refractivity contribution in [1.29, 1.82) is 0 Å². The number of nitrogens with one attached hydrogen (secondary N) is 1. The molecule has 1 aliphatic rings. The molecule has 0 unspecified atom stereocenters. The summed E-state index contributed by atoms with van der Waals surface area (Å²) < 4.78 is 0. The zero-order valence-electron chi connectivity index (χ0n) is 11.1. The van der Waals surface area contributed by atoms with E-state index in [0.717, 1.165) is 36.2 Å². The molecule has 1 aliphatic heterocycles. The zero-order valence-corrected chi connectivity index (χ0v) is 11.1. The van der Waals surface area contributed by atoms with E-state index in [4.69, 9.17) is 0 Å². The first-order valence-electron chi connectivity index (χ1n) is 6.68. The minimum absolute atomic E-state index is 0.108. The second-order valence-electron chi connectivity index (χ2n) is 5.11. The van der Waals surface area contributed by atoms with Crippen molar-refractivity contribution in [3.63, 3.8) is 0 Å². The van der Waals surface area contributed by atoms with Gasteiger partial charge in [0.1, 0.15) is 0 Å². The Morgan fingerprint density at radius 3 is 2.74 bits per heavy atom. The maximum atomic E-state index is 12.5. The second-order valence-corrected chi connectivity index (χ2v) is 5.11. The maximum absolute atomic E-state index is 12.5. The molecule has 2 aromatic carbocycles.